The minimum absolute atomic E-state index is 0.0477. The SMILES string of the molecule is CCn1c(CCNS(=O)(=O)c2cc(C)ccn2)nc2ccccc21. The summed E-state index contributed by atoms with van der Waals surface area (Å²) in [5.74, 6) is 0.874. The molecule has 6 nitrogen and oxygen atoms in total. The Kier molecular flexibility index (Phi) is 4.64. The third-order valence-electron chi connectivity index (χ3n) is 3.86. The quantitative estimate of drug-likeness (QED) is 0.744. The van der Waals surface area contributed by atoms with E-state index in [0.29, 0.717) is 6.42 Å². The van der Waals surface area contributed by atoms with Gasteiger partial charge in [-0.2, -0.15) is 0 Å². The molecule has 0 unspecified atom stereocenters. The van der Waals surface area contributed by atoms with Crippen LogP contribution in [0.2, 0.25) is 0 Å². The van der Waals surface area contributed by atoms with Crippen LogP contribution in [-0.4, -0.2) is 29.5 Å². The minimum atomic E-state index is -3.60. The average Bonchev–Trinajstić information content (AvgIpc) is 2.92. The van der Waals surface area contributed by atoms with Crippen molar-refractivity contribution in [1.29, 1.82) is 0 Å². The summed E-state index contributed by atoms with van der Waals surface area (Å²) in [4.78, 5) is 8.54. The maximum Gasteiger partial charge on any atom is 0.258 e. The number of pyridine rings is 1. The lowest BCUT2D eigenvalue weighted by molar-refractivity contribution is 0.575. The van der Waals surface area contributed by atoms with E-state index in [4.69, 9.17) is 0 Å². The molecular formula is C17H20N4O2S. The summed E-state index contributed by atoms with van der Waals surface area (Å²) < 4.78 is 29.3. The summed E-state index contributed by atoms with van der Waals surface area (Å²) >= 11 is 0. The van der Waals surface area contributed by atoms with E-state index in [1.54, 1.807) is 12.1 Å². The Morgan fingerprint density at radius 1 is 1.21 bits per heavy atom. The van der Waals surface area contributed by atoms with Crippen LogP contribution < -0.4 is 4.72 Å². The molecule has 0 spiro atoms. The van der Waals surface area contributed by atoms with E-state index >= 15 is 0 Å². The summed E-state index contributed by atoms with van der Waals surface area (Å²) in [6.07, 6.45) is 2.02. The summed E-state index contributed by atoms with van der Waals surface area (Å²) in [5, 5.41) is 0.0477. The van der Waals surface area contributed by atoms with Gasteiger partial charge in [0, 0.05) is 25.7 Å². The maximum absolute atomic E-state index is 12.3. The van der Waals surface area contributed by atoms with E-state index in [1.165, 1.54) is 6.20 Å². The summed E-state index contributed by atoms with van der Waals surface area (Å²) in [6, 6.07) is 11.2. The van der Waals surface area contributed by atoms with Gasteiger partial charge in [0.15, 0.2) is 5.03 Å². The van der Waals surface area contributed by atoms with Crippen molar-refractivity contribution in [1.82, 2.24) is 19.3 Å². The zero-order valence-corrected chi connectivity index (χ0v) is 14.5. The normalized spacial score (nSPS) is 11.9. The molecule has 0 bridgehead atoms. The van der Waals surface area contributed by atoms with Crippen LogP contribution in [0.3, 0.4) is 0 Å². The van der Waals surface area contributed by atoms with Crippen LogP contribution in [-0.2, 0) is 23.0 Å². The molecule has 126 valence electrons. The zero-order chi connectivity index (χ0) is 17.2. The number of aryl methyl sites for hydroxylation is 2. The average molecular weight is 344 g/mol. The lowest BCUT2D eigenvalue weighted by atomic mass is 10.3. The Morgan fingerprint density at radius 2 is 2.00 bits per heavy atom. The lowest BCUT2D eigenvalue weighted by Gasteiger charge is -2.08. The molecule has 0 aliphatic rings. The van der Waals surface area contributed by atoms with Crippen molar-refractivity contribution < 1.29 is 8.42 Å². The number of sulfonamides is 1. The van der Waals surface area contributed by atoms with Gasteiger partial charge in [0.1, 0.15) is 5.82 Å². The van der Waals surface area contributed by atoms with Crippen LogP contribution in [0.15, 0.2) is 47.6 Å². The van der Waals surface area contributed by atoms with Crippen molar-refractivity contribution in [2.24, 2.45) is 0 Å². The molecule has 0 amide bonds. The largest absolute Gasteiger partial charge is 0.328 e. The molecular weight excluding hydrogens is 324 g/mol. The van der Waals surface area contributed by atoms with Gasteiger partial charge in [0.2, 0.25) is 0 Å². The highest BCUT2D eigenvalue weighted by molar-refractivity contribution is 7.89. The number of rotatable bonds is 6. The van der Waals surface area contributed by atoms with Gasteiger partial charge in [0.25, 0.3) is 10.0 Å². The van der Waals surface area contributed by atoms with Crippen LogP contribution in [0.5, 0.6) is 0 Å². The van der Waals surface area contributed by atoms with Gasteiger partial charge in [-0.3, -0.25) is 0 Å². The first kappa shape index (κ1) is 16.6. The van der Waals surface area contributed by atoms with Crippen LogP contribution in [0.25, 0.3) is 11.0 Å². The molecule has 0 saturated heterocycles. The molecule has 3 rings (SSSR count). The van der Waals surface area contributed by atoms with E-state index in [0.717, 1.165) is 29.0 Å². The minimum Gasteiger partial charge on any atom is -0.328 e. The molecule has 0 aliphatic carbocycles. The van der Waals surface area contributed by atoms with Crippen molar-refractivity contribution in [3.63, 3.8) is 0 Å². The standard InChI is InChI=1S/C17H20N4O2S/c1-3-21-15-7-5-4-6-14(15)20-16(21)9-11-19-24(22,23)17-12-13(2)8-10-18-17/h4-8,10,12,19H,3,9,11H2,1-2H3. The first-order chi connectivity index (χ1) is 11.5. The Bertz CT molecular complexity index is 964. The molecule has 0 aliphatic heterocycles. The molecule has 1 aromatic carbocycles. The van der Waals surface area contributed by atoms with Gasteiger partial charge in [0.05, 0.1) is 11.0 Å². The Balaban J connectivity index is 1.75. The smallest absolute Gasteiger partial charge is 0.258 e. The molecule has 3 aromatic rings. The van der Waals surface area contributed by atoms with E-state index in [9.17, 15) is 8.42 Å². The van der Waals surface area contributed by atoms with Gasteiger partial charge in [-0.1, -0.05) is 12.1 Å². The number of nitrogens with zero attached hydrogens (tertiary/aromatic N) is 3. The number of benzene rings is 1. The summed E-state index contributed by atoms with van der Waals surface area (Å²) in [7, 11) is -3.60. The first-order valence-corrected chi connectivity index (χ1v) is 9.36. The van der Waals surface area contributed by atoms with E-state index < -0.39 is 10.0 Å². The topological polar surface area (TPSA) is 76.9 Å². The van der Waals surface area contributed by atoms with Gasteiger partial charge >= 0.3 is 0 Å². The van der Waals surface area contributed by atoms with Crippen molar-refractivity contribution in [2.75, 3.05) is 6.54 Å². The fourth-order valence-electron chi connectivity index (χ4n) is 2.70. The third kappa shape index (κ3) is 3.32. The van der Waals surface area contributed by atoms with Gasteiger partial charge in [-0.25, -0.2) is 23.1 Å². The molecule has 0 radical (unpaired) electrons. The first-order valence-electron chi connectivity index (χ1n) is 7.87. The Morgan fingerprint density at radius 3 is 2.75 bits per heavy atom. The fourth-order valence-corrected chi connectivity index (χ4v) is 3.75. The summed E-state index contributed by atoms with van der Waals surface area (Å²) in [5.41, 5.74) is 2.86. The number of imidazole rings is 1. The summed E-state index contributed by atoms with van der Waals surface area (Å²) in [6.45, 7) is 4.96. The third-order valence-corrected chi connectivity index (χ3v) is 5.21. The molecule has 0 atom stereocenters. The number of aromatic nitrogens is 3. The predicted octanol–water partition coefficient (Wildman–Crippen LogP) is 2.28. The van der Waals surface area contributed by atoms with Crippen molar-refractivity contribution in [3.8, 4) is 0 Å². The van der Waals surface area contributed by atoms with E-state index in [1.807, 2.05) is 31.2 Å². The number of hydrogen-bond donors (Lipinski definition) is 1. The Labute approximate surface area is 141 Å². The van der Waals surface area contributed by atoms with Crippen molar-refractivity contribution >= 4 is 21.1 Å². The maximum atomic E-state index is 12.3. The molecule has 24 heavy (non-hydrogen) atoms. The van der Waals surface area contributed by atoms with Crippen LogP contribution >= 0.6 is 0 Å². The molecule has 0 fully saturated rings. The van der Waals surface area contributed by atoms with Crippen molar-refractivity contribution in [3.05, 3.63) is 54.0 Å². The number of fused-ring (bicyclic) bond motifs is 1. The highest BCUT2D eigenvalue weighted by atomic mass is 32.2. The van der Waals surface area contributed by atoms with E-state index in [-0.39, 0.29) is 11.6 Å². The number of nitrogens with one attached hydrogen (secondary N) is 1. The second-order valence-corrected chi connectivity index (χ2v) is 7.29. The highest BCUT2D eigenvalue weighted by Crippen LogP contribution is 2.16. The molecule has 2 heterocycles. The predicted molar refractivity (Wildman–Crippen MR) is 93.3 cm³/mol. The highest BCUT2D eigenvalue weighted by Gasteiger charge is 2.16. The molecule has 0 saturated carbocycles. The van der Waals surface area contributed by atoms with E-state index in [2.05, 4.69) is 26.2 Å². The van der Waals surface area contributed by atoms with Crippen LogP contribution in [0.1, 0.15) is 18.3 Å². The van der Waals surface area contributed by atoms with Gasteiger partial charge < -0.3 is 4.57 Å². The number of para-hydroxylation sites is 2. The lowest BCUT2D eigenvalue weighted by Crippen LogP contribution is -2.27. The Hall–Kier alpha value is -2.25. The number of hydrogen-bond acceptors (Lipinski definition) is 4. The van der Waals surface area contributed by atoms with Gasteiger partial charge in [-0.05, 0) is 43.7 Å². The monoisotopic (exact) mass is 344 g/mol. The molecule has 2 aromatic heterocycles. The second-order valence-electron chi connectivity index (χ2n) is 5.58. The van der Waals surface area contributed by atoms with Crippen LogP contribution in [0, 0.1) is 6.92 Å². The van der Waals surface area contributed by atoms with Crippen LogP contribution in [0.4, 0.5) is 0 Å². The zero-order valence-electron chi connectivity index (χ0n) is 13.7. The second kappa shape index (κ2) is 6.70. The molecule has 7 heteroatoms. The fraction of sp³-hybridized carbons (Fsp3) is 0.294. The molecule has 1 N–H and O–H groups in total. The van der Waals surface area contributed by atoms with Gasteiger partial charge in [-0.15, -0.1) is 0 Å². The van der Waals surface area contributed by atoms with Crippen molar-refractivity contribution in [2.45, 2.75) is 31.8 Å².